The van der Waals surface area contributed by atoms with Gasteiger partial charge < -0.3 is 20.1 Å². The third-order valence-electron chi connectivity index (χ3n) is 4.20. The molecule has 1 heterocycles. The SMILES string of the molecule is COc1ccc(NC(=O)c2cnc(Nc3cc(C)ccc3C)cn2)c(OC)c1. The third-order valence-corrected chi connectivity index (χ3v) is 4.20. The molecule has 0 atom stereocenters. The third kappa shape index (κ3) is 4.37. The lowest BCUT2D eigenvalue weighted by Crippen LogP contribution is -2.15. The van der Waals surface area contributed by atoms with E-state index < -0.39 is 0 Å². The summed E-state index contributed by atoms with van der Waals surface area (Å²) in [5.41, 5.74) is 3.91. The zero-order valence-corrected chi connectivity index (χ0v) is 16.2. The molecule has 7 nitrogen and oxygen atoms in total. The van der Waals surface area contributed by atoms with Gasteiger partial charge in [0.1, 0.15) is 23.0 Å². The first-order valence-electron chi connectivity index (χ1n) is 8.70. The maximum atomic E-state index is 12.5. The van der Waals surface area contributed by atoms with Crippen molar-refractivity contribution in [3.05, 3.63) is 65.6 Å². The Hall–Kier alpha value is -3.61. The van der Waals surface area contributed by atoms with Crippen molar-refractivity contribution in [1.29, 1.82) is 0 Å². The van der Waals surface area contributed by atoms with Crippen molar-refractivity contribution < 1.29 is 14.3 Å². The number of rotatable bonds is 6. The Morgan fingerprint density at radius 1 is 0.929 bits per heavy atom. The van der Waals surface area contributed by atoms with E-state index in [0.717, 1.165) is 16.8 Å². The van der Waals surface area contributed by atoms with Crippen molar-refractivity contribution >= 4 is 23.1 Å². The van der Waals surface area contributed by atoms with E-state index in [0.29, 0.717) is 23.0 Å². The maximum absolute atomic E-state index is 12.5. The molecular weight excluding hydrogens is 356 g/mol. The molecule has 0 saturated carbocycles. The molecule has 2 N–H and O–H groups in total. The number of carbonyl (C=O) groups excluding carboxylic acids is 1. The highest BCUT2D eigenvalue weighted by Crippen LogP contribution is 2.29. The highest BCUT2D eigenvalue weighted by Gasteiger charge is 2.13. The normalized spacial score (nSPS) is 10.3. The molecule has 0 bridgehead atoms. The van der Waals surface area contributed by atoms with E-state index in [-0.39, 0.29) is 11.6 Å². The van der Waals surface area contributed by atoms with Crippen molar-refractivity contribution in [3.8, 4) is 11.5 Å². The molecule has 0 fully saturated rings. The molecule has 0 spiro atoms. The quantitative estimate of drug-likeness (QED) is 0.671. The number of methoxy groups -OCH3 is 2. The molecule has 0 aliphatic carbocycles. The van der Waals surface area contributed by atoms with Crippen LogP contribution in [0.3, 0.4) is 0 Å². The predicted molar refractivity (Wildman–Crippen MR) is 109 cm³/mol. The van der Waals surface area contributed by atoms with Crippen molar-refractivity contribution in [1.82, 2.24) is 9.97 Å². The van der Waals surface area contributed by atoms with Crippen molar-refractivity contribution in [2.24, 2.45) is 0 Å². The highest BCUT2D eigenvalue weighted by atomic mass is 16.5. The highest BCUT2D eigenvalue weighted by molar-refractivity contribution is 6.03. The Balaban J connectivity index is 1.73. The van der Waals surface area contributed by atoms with Gasteiger partial charge in [0.05, 0.1) is 32.3 Å². The average Bonchev–Trinajstić information content (AvgIpc) is 2.71. The molecular formula is C21H22N4O3. The van der Waals surface area contributed by atoms with Gasteiger partial charge in [-0.1, -0.05) is 12.1 Å². The number of benzene rings is 2. The van der Waals surface area contributed by atoms with Crippen LogP contribution in [0.5, 0.6) is 11.5 Å². The molecule has 0 radical (unpaired) electrons. The second kappa shape index (κ2) is 8.39. The van der Waals surface area contributed by atoms with Crippen LogP contribution in [-0.2, 0) is 0 Å². The molecule has 28 heavy (non-hydrogen) atoms. The van der Waals surface area contributed by atoms with E-state index in [9.17, 15) is 4.79 Å². The summed E-state index contributed by atoms with van der Waals surface area (Å²) in [7, 11) is 3.09. The molecule has 0 aliphatic rings. The lowest BCUT2D eigenvalue weighted by atomic mass is 10.1. The largest absolute Gasteiger partial charge is 0.497 e. The van der Waals surface area contributed by atoms with Crippen LogP contribution in [0.1, 0.15) is 21.6 Å². The summed E-state index contributed by atoms with van der Waals surface area (Å²) in [5, 5.41) is 5.99. The molecule has 7 heteroatoms. The number of ether oxygens (including phenoxy) is 2. The Bertz CT molecular complexity index is 987. The van der Waals surface area contributed by atoms with Gasteiger partial charge in [-0.3, -0.25) is 4.79 Å². The fourth-order valence-corrected chi connectivity index (χ4v) is 2.61. The van der Waals surface area contributed by atoms with E-state index >= 15 is 0 Å². The fraction of sp³-hybridized carbons (Fsp3) is 0.190. The summed E-state index contributed by atoms with van der Waals surface area (Å²) in [6, 6.07) is 11.3. The van der Waals surface area contributed by atoms with Crippen molar-refractivity contribution in [2.75, 3.05) is 24.9 Å². The summed E-state index contributed by atoms with van der Waals surface area (Å²) in [6.45, 7) is 4.04. The summed E-state index contributed by atoms with van der Waals surface area (Å²) in [4.78, 5) is 21.0. The van der Waals surface area contributed by atoms with Gasteiger partial charge in [-0.05, 0) is 43.2 Å². The molecule has 0 aliphatic heterocycles. The number of hydrogen-bond donors (Lipinski definition) is 2. The number of aromatic nitrogens is 2. The predicted octanol–water partition coefficient (Wildman–Crippen LogP) is 4.11. The topological polar surface area (TPSA) is 85.4 Å². The van der Waals surface area contributed by atoms with Crippen LogP contribution in [-0.4, -0.2) is 30.1 Å². The molecule has 0 unspecified atom stereocenters. The molecule has 3 rings (SSSR count). The first-order valence-corrected chi connectivity index (χ1v) is 8.70. The minimum atomic E-state index is -0.380. The minimum absolute atomic E-state index is 0.199. The standard InChI is InChI=1S/C21H22N4O3/c1-13-5-6-14(2)17(9-13)24-20-12-22-18(11-23-20)21(26)25-16-8-7-15(27-3)10-19(16)28-4/h5-12H,1-4H3,(H,23,24)(H,25,26). The second-order valence-electron chi connectivity index (χ2n) is 6.25. The summed E-state index contributed by atoms with van der Waals surface area (Å²) < 4.78 is 10.4. The molecule has 2 aromatic carbocycles. The van der Waals surface area contributed by atoms with Gasteiger partial charge >= 0.3 is 0 Å². The second-order valence-corrected chi connectivity index (χ2v) is 6.25. The van der Waals surface area contributed by atoms with Crippen LogP contribution in [0, 0.1) is 13.8 Å². The maximum Gasteiger partial charge on any atom is 0.275 e. The smallest absolute Gasteiger partial charge is 0.275 e. The van der Waals surface area contributed by atoms with E-state index in [1.54, 1.807) is 25.3 Å². The van der Waals surface area contributed by atoms with Gasteiger partial charge in [-0.15, -0.1) is 0 Å². The number of nitrogens with zero attached hydrogens (tertiary/aromatic N) is 2. The fourth-order valence-electron chi connectivity index (χ4n) is 2.61. The first-order chi connectivity index (χ1) is 13.5. The van der Waals surface area contributed by atoms with Crippen LogP contribution in [0.15, 0.2) is 48.8 Å². The Morgan fingerprint density at radius 3 is 2.43 bits per heavy atom. The molecule has 1 aromatic heterocycles. The van der Waals surface area contributed by atoms with Crippen LogP contribution in [0.4, 0.5) is 17.2 Å². The Labute approximate surface area is 163 Å². The van der Waals surface area contributed by atoms with Gasteiger partial charge in [-0.2, -0.15) is 0 Å². The molecule has 3 aromatic rings. The number of aryl methyl sites for hydroxylation is 2. The lowest BCUT2D eigenvalue weighted by molar-refractivity contribution is 0.102. The minimum Gasteiger partial charge on any atom is -0.497 e. The van der Waals surface area contributed by atoms with Gasteiger partial charge in [0.2, 0.25) is 0 Å². The summed E-state index contributed by atoms with van der Waals surface area (Å²) in [5.74, 6) is 1.31. The van der Waals surface area contributed by atoms with E-state index in [2.05, 4.69) is 20.6 Å². The first kappa shape index (κ1) is 19.2. The van der Waals surface area contributed by atoms with E-state index in [1.165, 1.54) is 19.5 Å². The molecule has 144 valence electrons. The summed E-state index contributed by atoms with van der Waals surface area (Å²) in [6.07, 6.45) is 2.96. The van der Waals surface area contributed by atoms with Gasteiger partial charge in [0.15, 0.2) is 0 Å². The van der Waals surface area contributed by atoms with Gasteiger partial charge in [0.25, 0.3) is 5.91 Å². The average molecular weight is 378 g/mol. The number of anilines is 3. The Morgan fingerprint density at radius 2 is 1.75 bits per heavy atom. The zero-order chi connectivity index (χ0) is 20.1. The van der Waals surface area contributed by atoms with E-state index in [1.807, 2.05) is 32.0 Å². The van der Waals surface area contributed by atoms with Crippen LogP contribution >= 0.6 is 0 Å². The van der Waals surface area contributed by atoms with Crippen LogP contribution in [0.2, 0.25) is 0 Å². The number of amides is 1. The number of hydrogen-bond acceptors (Lipinski definition) is 6. The molecule has 1 amide bonds. The van der Waals surface area contributed by atoms with Crippen LogP contribution < -0.4 is 20.1 Å². The number of carbonyl (C=O) groups is 1. The van der Waals surface area contributed by atoms with Crippen molar-refractivity contribution in [2.45, 2.75) is 13.8 Å². The molecule has 0 saturated heterocycles. The Kier molecular flexibility index (Phi) is 5.74. The number of nitrogens with one attached hydrogen (secondary N) is 2. The monoisotopic (exact) mass is 378 g/mol. The van der Waals surface area contributed by atoms with Gasteiger partial charge in [-0.25, -0.2) is 9.97 Å². The van der Waals surface area contributed by atoms with Crippen molar-refractivity contribution in [3.63, 3.8) is 0 Å². The zero-order valence-electron chi connectivity index (χ0n) is 16.2. The lowest BCUT2D eigenvalue weighted by Gasteiger charge is -2.12. The van der Waals surface area contributed by atoms with E-state index in [4.69, 9.17) is 9.47 Å². The summed E-state index contributed by atoms with van der Waals surface area (Å²) >= 11 is 0. The van der Waals surface area contributed by atoms with Crippen LogP contribution in [0.25, 0.3) is 0 Å². The van der Waals surface area contributed by atoms with Gasteiger partial charge in [0, 0.05) is 11.8 Å².